The number of piperidine rings is 1. The number of hydrogen-bond donors (Lipinski definition) is 2. The van der Waals surface area contributed by atoms with Crippen LogP contribution in [0.5, 0.6) is 0 Å². The van der Waals surface area contributed by atoms with E-state index in [0.717, 1.165) is 31.6 Å². The summed E-state index contributed by atoms with van der Waals surface area (Å²) in [7, 11) is 0. The zero-order chi connectivity index (χ0) is 13.0. The molecule has 1 aliphatic heterocycles. The maximum atomic E-state index is 11.0. The zero-order valence-electron chi connectivity index (χ0n) is 10.6. The van der Waals surface area contributed by atoms with Crippen molar-refractivity contribution in [1.82, 2.24) is 4.90 Å². The van der Waals surface area contributed by atoms with Crippen LogP contribution < -0.4 is 11.1 Å². The Hall–Kier alpha value is -1.36. The molecule has 0 radical (unpaired) electrons. The molecule has 0 bridgehead atoms. The Balaban J connectivity index is 1.89. The number of rotatable bonds is 3. The van der Waals surface area contributed by atoms with Crippen LogP contribution in [-0.4, -0.2) is 36.3 Å². The molecule has 0 spiro atoms. The van der Waals surface area contributed by atoms with Gasteiger partial charge in [-0.1, -0.05) is 6.07 Å². The molecule has 4 nitrogen and oxygen atoms in total. The summed E-state index contributed by atoms with van der Waals surface area (Å²) in [6, 6.07) is 8.53. The molecule has 2 amide bonds. The van der Waals surface area contributed by atoms with Crippen LogP contribution in [0.1, 0.15) is 12.8 Å². The van der Waals surface area contributed by atoms with Crippen LogP contribution >= 0.6 is 11.8 Å². The lowest BCUT2D eigenvalue weighted by Crippen LogP contribution is -2.44. The van der Waals surface area contributed by atoms with E-state index < -0.39 is 0 Å². The molecule has 0 aromatic heterocycles. The van der Waals surface area contributed by atoms with Gasteiger partial charge in [0.2, 0.25) is 0 Å². The van der Waals surface area contributed by atoms with Gasteiger partial charge >= 0.3 is 6.03 Å². The van der Waals surface area contributed by atoms with Crippen molar-refractivity contribution in [2.75, 3.05) is 24.7 Å². The first-order chi connectivity index (χ1) is 8.69. The largest absolute Gasteiger partial charge is 0.382 e. The fourth-order valence-corrected chi connectivity index (χ4v) is 2.65. The van der Waals surface area contributed by atoms with Gasteiger partial charge in [-0.05, 0) is 37.3 Å². The number of urea groups is 1. The normalized spacial score (nSPS) is 16.6. The molecule has 1 aliphatic rings. The summed E-state index contributed by atoms with van der Waals surface area (Å²) in [5.41, 5.74) is 6.42. The Morgan fingerprint density at radius 2 is 2.17 bits per heavy atom. The fraction of sp³-hybridized carbons (Fsp3) is 0.462. The molecule has 1 aromatic carbocycles. The summed E-state index contributed by atoms with van der Waals surface area (Å²) in [6.45, 7) is 1.49. The molecule has 1 heterocycles. The number of anilines is 1. The van der Waals surface area contributed by atoms with E-state index in [9.17, 15) is 4.79 Å². The summed E-state index contributed by atoms with van der Waals surface area (Å²) in [6.07, 6.45) is 3.98. The van der Waals surface area contributed by atoms with Crippen LogP contribution in [0, 0.1) is 0 Å². The number of nitrogens with zero attached hydrogens (tertiary/aromatic N) is 1. The minimum atomic E-state index is -0.308. The van der Waals surface area contributed by atoms with Gasteiger partial charge in [0.05, 0.1) is 0 Å². The van der Waals surface area contributed by atoms with E-state index in [1.54, 1.807) is 16.7 Å². The first kappa shape index (κ1) is 13.1. The zero-order valence-corrected chi connectivity index (χ0v) is 11.4. The van der Waals surface area contributed by atoms with Gasteiger partial charge in [-0.25, -0.2) is 4.79 Å². The Bertz CT molecular complexity index is 416. The summed E-state index contributed by atoms with van der Waals surface area (Å²) >= 11 is 1.74. The highest BCUT2D eigenvalue weighted by atomic mass is 32.2. The minimum Gasteiger partial charge on any atom is -0.382 e. The van der Waals surface area contributed by atoms with E-state index in [0.29, 0.717) is 6.04 Å². The predicted molar refractivity (Wildman–Crippen MR) is 76.0 cm³/mol. The van der Waals surface area contributed by atoms with Crippen molar-refractivity contribution in [2.45, 2.75) is 23.8 Å². The predicted octanol–water partition coefficient (Wildman–Crippen LogP) is 2.36. The van der Waals surface area contributed by atoms with Gasteiger partial charge < -0.3 is 16.0 Å². The van der Waals surface area contributed by atoms with Gasteiger partial charge in [-0.15, -0.1) is 11.8 Å². The maximum absolute atomic E-state index is 11.0. The number of likely N-dealkylation sites (tertiary alicyclic amines) is 1. The van der Waals surface area contributed by atoms with Gasteiger partial charge in [-0.2, -0.15) is 0 Å². The SMILES string of the molecule is CSc1cccc(NC2CCN(C(N)=O)CC2)c1. The van der Waals surface area contributed by atoms with E-state index in [4.69, 9.17) is 5.73 Å². The third kappa shape index (κ3) is 3.32. The quantitative estimate of drug-likeness (QED) is 0.825. The first-order valence-corrected chi connectivity index (χ1v) is 7.36. The molecule has 0 unspecified atom stereocenters. The molecule has 1 saturated heterocycles. The van der Waals surface area contributed by atoms with Gasteiger partial charge in [0, 0.05) is 29.7 Å². The summed E-state index contributed by atoms with van der Waals surface area (Å²) in [5.74, 6) is 0. The molecule has 0 atom stereocenters. The maximum Gasteiger partial charge on any atom is 0.314 e. The van der Waals surface area contributed by atoms with Crippen molar-refractivity contribution in [3.8, 4) is 0 Å². The molecule has 18 heavy (non-hydrogen) atoms. The van der Waals surface area contributed by atoms with E-state index in [1.807, 2.05) is 0 Å². The number of hydrogen-bond acceptors (Lipinski definition) is 3. The highest BCUT2D eigenvalue weighted by Gasteiger charge is 2.20. The summed E-state index contributed by atoms with van der Waals surface area (Å²) in [4.78, 5) is 14.0. The average Bonchev–Trinajstić information content (AvgIpc) is 2.39. The Morgan fingerprint density at radius 3 is 2.78 bits per heavy atom. The molecule has 1 aromatic rings. The van der Waals surface area contributed by atoms with Gasteiger partial charge in [0.15, 0.2) is 0 Å². The number of carbonyl (C=O) groups excluding carboxylic acids is 1. The topological polar surface area (TPSA) is 58.4 Å². The van der Waals surface area contributed by atoms with E-state index in [2.05, 4.69) is 35.8 Å². The number of carbonyl (C=O) groups is 1. The monoisotopic (exact) mass is 265 g/mol. The van der Waals surface area contributed by atoms with Crippen molar-refractivity contribution in [3.05, 3.63) is 24.3 Å². The van der Waals surface area contributed by atoms with Crippen molar-refractivity contribution >= 4 is 23.5 Å². The molecule has 0 aliphatic carbocycles. The van der Waals surface area contributed by atoms with Crippen molar-refractivity contribution in [2.24, 2.45) is 5.73 Å². The third-order valence-corrected chi connectivity index (χ3v) is 3.97. The van der Waals surface area contributed by atoms with Crippen LogP contribution in [0.2, 0.25) is 0 Å². The minimum absolute atomic E-state index is 0.308. The Morgan fingerprint density at radius 1 is 1.44 bits per heavy atom. The molecular formula is C13H19N3OS. The molecule has 2 rings (SSSR count). The van der Waals surface area contributed by atoms with Gasteiger partial charge in [-0.3, -0.25) is 0 Å². The number of nitrogens with one attached hydrogen (secondary N) is 1. The van der Waals surface area contributed by atoms with Crippen molar-refractivity contribution in [3.63, 3.8) is 0 Å². The number of amides is 2. The lowest BCUT2D eigenvalue weighted by molar-refractivity contribution is 0.193. The van der Waals surface area contributed by atoms with Gasteiger partial charge in [0.1, 0.15) is 0 Å². The van der Waals surface area contributed by atoms with Crippen LogP contribution in [0.4, 0.5) is 10.5 Å². The first-order valence-electron chi connectivity index (χ1n) is 6.14. The number of thioether (sulfide) groups is 1. The lowest BCUT2D eigenvalue weighted by Gasteiger charge is -2.31. The second kappa shape index (κ2) is 6.00. The summed E-state index contributed by atoms with van der Waals surface area (Å²) < 4.78 is 0. The number of primary amides is 1. The standard InChI is InChI=1S/C13H19N3OS/c1-18-12-4-2-3-11(9-12)15-10-5-7-16(8-6-10)13(14)17/h2-4,9-10,15H,5-8H2,1H3,(H2,14,17). The lowest BCUT2D eigenvalue weighted by atomic mass is 10.1. The second-order valence-corrected chi connectivity index (χ2v) is 5.36. The summed E-state index contributed by atoms with van der Waals surface area (Å²) in [5, 5.41) is 3.52. The highest BCUT2D eigenvalue weighted by Crippen LogP contribution is 2.21. The van der Waals surface area contributed by atoms with Gasteiger partial charge in [0.25, 0.3) is 0 Å². The third-order valence-electron chi connectivity index (χ3n) is 3.25. The van der Waals surface area contributed by atoms with E-state index in [1.165, 1.54) is 4.90 Å². The molecule has 5 heteroatoms. The van der Waals surface area contributed by atoms with E-state index >= 15 is 0 Å². The molecule has 3 N–H and O–H groups in total. The highest BCUT2D eigenvalue weighted by molar-refractivity contribution is 7.98. The van der Waals surface area contributed by atoms with Crippen LogP contribution in [0.3, 0.4) is 0 Å². The Labute approximate surface area is 112 Å². The molecule has 1 fully saturated rings. The number of benzene rings is 1. The smallest absolute Gasteiger partial charge is 0.314 e. The Kier molecular flexibility index (Phi) is 4.36. The molecular weight excluding hydrogens is 246 g/mol. The van der Waals surface area contributed by atoms with E-state index in [-0.39, 0.29) is 6.03 Å². The fourth-order valence-electron chi connectivity index (χ4n) is 2.19. The van der Waals surface area contributed by atoms with Crippen LogP contribution in [0.15, 0.2) is 29.2 Å². The number of nitrogens with two attached hydrogens (primary N) is 1. The molecule has 98 valence electrons. The van der Waals surface area contributed by atoms with Crippen LogP contribution in [0.25, 0.3) is 0 Å². The second-order valence-electron chi connectivity index (χ2n) is 4.48. The van der Waals surface area contributed by atoms with Crippen molar-refractivity contribution in [1.29, 1.82) is 0 Å². The van der Waals surface area contributed by atoms with Crippen molar-refractivity contribution < 1.29 is 4.79 Å². The van der Waals surface area contributed by atoms with Crippen LogP contribution in [-0.2, 0) is 0 Å². The average molecular weight is 265 g/mol. The molecule has 0 saturated carbocycles.